The maximum absolute atomic E-state index is 11.5. The zero-order chi connectivity index (χ0) is 35.0. The third-order valence-corrected chi connectivity index (χ3v) is 3.20. The number of hydrogen-bond donors (Lipinski definition) is 1. The van der Waals surface area contributed by atoms with Crippen LogP contribution >= 0.6 is 0 Å². The van der Waals surface area contributed by atoms with E-state index in [1.807, 2.05) is 0 Å². The van der Waals surface area contributed by atoms with E-state index in [4.69, 9.17) is 38.3 Å². The maximum Gasteiger partial charge on any atom is 0.161 e. The Morgan fingerprint density at radius 2 is 2.26 bits per heavy atom. The van der Waals surface area contributed by atoms with Crippen LogP contribution in [0.1, 0.15) is 72.4 Å². The zero-order valence-electron chi connectivity index (χ0n) is 33.3. The number of aliphatic hydroxyl groups is 1. The summed E-state index contributed by atoms with van der Waals surface area (Å²) in [6.07, 6.45) is -17.2. The standard InChI is InChI=1S/C19H29NO3/c1-12(2)7-14-11-20-6-5-13-8-18(22-3)19(23-4)9-15(13)16(20)10-17(14)21/h8-9,12,14,16-17,21H,5-7,10-11H2,1-4H3/i1D3,2D3,5D2,6D2,7D2,8D,9D,10D2,11D2,12D,14D,17D. The van der Waals surface area contributed by atoms with Gasteiger partial charge in [-0.05, 0) is 54.1 Å². The van der Waals surface area contributed by atoms with Crippen molar-refractivity contribution in [1.29, 1.82) is 0 Å². The van der Waals surface area contributed by atoms with E-state index in [2.05, 4.69) is 0 Å². The quantitative estimate of drug-likeness (QED) is 0.915. The van der Waals surface area contributed by atoms with E-state index < -0.39 is 109 Å². The second kappa shape index (κ2) is 6.70. The van der Waals surface area contributed by atoms with Gasteiger partial charge in [0, 0.05) is 43.7 Å². The number of piperidine rings is 1. The van der Waals surface area contributed by atoms with Gasteiger partial charge in [0.2, 0.25) is 0 Å². The molecule has 3 unspecified atom stereocenters. The molecule has 0 saturated carbocycles. The molecule has 1 N–H and O–H groups in total. The van der Waals surface area contributed by atoms with E-state index >= 15 is 0 Å². The summed E-state index contributed by atoms with van der Waals surface area (Å²) in [5.41, 5.74) is -2.15. The van der Waals surface area contributed by atoms with Crippen molar-refractivity contribution in [2.75, 3.05) is 27.2 Å². The highest BCUT2D eigenvalue weighted by atomic mass is 16.5. The first kappa shape index (κ1) is 4.67. The van der Waals surface area contributed by atoms with E-state index in [9.17, 15) is 5.11 Å². The van der Waals surface area contributed by atoms with Crippen molar-refractivity contribution in [3.05, 3.63) is 23.2 Å². The molecule has 2 aliphatic rings. The highest BCUT2D eigenvalue weighted by Gasteiger charge is 2.38. The van der Waals surface area contributed by atoms with Gasteiger partial charge in [0.25, 0.3) is 0 Å². The number of ether oxygens (including phenoxy) is 2. The Labute approximate surface area is 168 Å². The summed E-state index contributed by atoms with van der Waals surface area (Å²) in [4.78, 5) is -0.445. The SMILES string of the molecule is [2H]c1c(OC)c(OC)c([2H])c2c1C1N(C([2H])([2H])C2([2H])[2H])C([2H])([2H])C([2H])(C([2H])([2H])C([2H])(C([2H])([2H])[2H])C([2H])([2H])[2H])C([2H])(O)C1([2H])[2H]. The van der Waals surface area contributed by atoms with E-state index in [1.165, 1.54) is 0 Å². The first-order valence-electron chi connectivity index (χ1n) is 17.0. The van der Waals surface area contributed by atoms with E-state index in [0.29, 0.717) is 0 Å². The van der Waals surface area contributed by atoms with Crippen LogP contribution in [0.3, 0.4) is 0 Å². The van der Waals surface area contributed by atoms with Crippen LogP contribution in [0.25, 0.3) is 0 Å². The van der Waals surface area contributed by atoms with Gasteiger partial charge < -0.3 is 14.6 Å². The van der Waals surface area contributed by atoms with Gasteiger partial charge in [-0.1, -0.05) is 13.7 Å². The molecule has 0 spiro atoms. The van der Waals surface area contributed by atoms with Gasteiger partial charge in [0.15, 0.2) is 11.5 Å². The lowest BCUT2D eigenvalue weighted by molar-refractivity contribution is -0.0191. The van der Waals surface area contributed by atoms with Crippen molar-refractivity contribution in [2.24, 2.45) is 11.8 Å². The second-order valence-electron chi connectivity index (χ2n) is 4.59. The minimum atomic E-state index is -4.79. The molecule has 128 valence electrons. The number of methoxy groups -OCH3 is 2. The molecule has 0 aromatic heterocycles. The number of benzene rings is 1. The number of nitrogens with zero attached hydrogens (tertiary/aromatic N) is 1. The third kappa shape index (κ3) is 3.20. The molecule has 1 fully saturated rings. The predicted molar refractivity (Wildman–Crippen MR) is 91.1 cm³/mol. The minimum absolute atomic E-state index is 0.445. The Kier molecular flexibility index (Phi) is 1.36. The first-order valence-corrected chi connectivity index (χ1v) is 6.48. The van der Waals surface area contributed by atoms with Gasteiger partial charge >= 0.3 is 0 Å². The monoisotopic (exact) mass is 340 g/mol. The highest BCUT2D eigenvalue weighted by molar-refractivity contribution is 5.49. The van der Waals surface area contributed by atoms with Crippen LogP contribution < -0.4 is 9.47 Å². The Morgan fingerprint density at radius 1 is 1.52 bits per heavy atom. The molecular weight excluding hydrogens is 290 g/mol. The summed E-state index contributed by atoms with van der Waals surface area (Å²) >= 11 is 0. The van der Waals surface area contributed by atoms with Crippen LogP contribution in [-0.2, 0) is 6.37 Å². The van der Waals surface area contributed by atoms with Gasteiger partial charge in [-0.3, -0.25) is 4.90 Å². The van der Waals surface area contributed by atoms with Crippen molar-refractivity contribution < 1.29 is 43.4 Å². The molecule has 3 atom stereocenters. The molecule has 23 heavy (non-hydrogen) atoms. The fourth-order valence-electron chi connectivity index (χ4n) is 2.20. The van der Waals surface area contributed by atoms with Crippen molar-refractivity contribution >= 4 is 0 Å². The summed E-state index contributed by atoms with van der Waals surface area (Å²) in [6.45, 7) is -17.0. The van der Waals surface area contributed by atoms with Crippen LogP contribution in [0.2, 0.25) is 0 Å². The fourth-order valence-corrected chi connectivity index (χ4v) is 2.20. The summed E-state index contributed by atoms with van der Waals surface area (Å²) in [7, 11) is 1.95. The average Bonchev–Trinajstić information content (AvgIpc) is 2.82. The zero-order valence-corrected chi connectivity index (χ0v) is 12.3. The fraction of sp³-hybridized carbons (Fsp3) is 0.684. The van der Waals surface area contributed by atoms with E-state index in [1.54, 1.807) is 0 Å². The lowest BCUT2D eigenvalue weighted by atomic mass is 9.79. The summed E-state index contributed by atoms with van der Waals surface area (Å²) in [5, 5.41) is 11.5. The minimum Gasteiger partial charge on any atom is -0.493 e. The van der Waals surface area contributed by atoms with Gasteiger partial charge in [-0.15, -0.1) is 0 Å². The van der Waals surface area contributed by atoms with E-state index in [-0.39, 0.29) is 0 Å². The van der Waals surface area contributed by atoms with Crippen molar-refractivity contribution in [3.8, 4) is 11.5 Å². The average molecular weight is 341 g/mol. The molecule has 2 heterocycles. The predicted octanol–water partition coefficient (Wildman–Crippen LogP) is 3.03. The lowest BCUT2D eigenvalue weighted by Gasteiger charge is -2.46. The van der Waals surface area contributed by atoms with Crippen molar-refractivity contribution in [2.45, 2.75) is 44.9 Å². The first-order chi connectivity index (χ1) is 19.2. The highest BCUT2D eigenvalue weighted by Crippen LogP contribution is 2.43. The van der Waals surface area contributed by atoms with Crippen molar-refractivity contribution in [1.82, 2.24) is 4.90 Å². The van der Waals surface area contributed by atoms with Crippen molar-refractivity contribution in [3.63, 3.8) is 0 Å². The number of rotatable bonds is 4. The smallest absolute Gasteiger partial charge is 0.161 e. The van der Waals surface area contributed by atoms with Crippen LogP contribution in [0.15, 0.2) is 12.1 Å². The molecule has 1 aromatic carbocycles. The van der Waals surface area contributed by atoms with Crippen LogP contribution in [-0.4, -0.2) is 43.3 Å². The number of hydrogen-bond acceptors (Lipinski definition) is 4. The van der Waals surface area contributed by atoms with Crippen LogP contribution in [0.5, 0.6) is 11.5 Å². The molecule has 0 amide bonds. The molecule has 1 aromatic rings. The van der Waals surface area contributed by atoms with Crippen LogP contribution in [0, 0.1) is 11.8 Å². The molecular formula is C19H29NO3. The molecule has 0 aliphatic carbocycles. The Bertz CT molecular complexity index is 1340. The molecule has 4 heteroatoms. The van der Waals surface area contributed by atoms with Gasteiger partial charge in [-0.2, -0.15) is 0 Å². The normalized spacial score (nSPS) is 58.2. The summed E-state index contributed by atoms with van der Waals surface area (Å²) in [5.74, 6) is -10.6. The topological polar surface area (TPSA) is 41.9 Å². The largest absolute Gasteiger partial charge is 0.493 e. The molecule has 4 nitrogen and oxygen atoms in total. The van der Waals surface area contributed by atoms with Gasteiger partial charge in [-0.25, -0.2) is 0 Å². The molecule has 0 radical (unpaired) electrons. The molecule has 3 rings (SSSR count). The Hall–Kier alpha value is -1.26. The Balaban J connectivity index is 2.67. The lowest BCUT2D eigenvalue weighted by Crippen LogP contribution is -2.48. The summed E-state index contributed by atoms with van der Waals surface area (Å²) < 4.78 is 187. The maximum atomic E-state index is 11.5. The Morgan fingerprint density at radius 3 is 2.96 bits per heavy atom. The second-order valence-corrected chi connectivity index (χ2v) is 4.59. The van der Waals surface area contributed by atoms with E-state index in [0.717, 1.165) is 14.2 Å². The van der Waals surface area contributed by atoms with Gasteiger partial charge in [0.05, 0.1) is 24.4 Å². The number of fused-ring (bicyclic) bond motifs is 3. The van der Waals surface area contributed by atoms with Gasteiger partial charge in [0.1, 0.15) is 0 Å². The molecule has 2 aliphatic heterocycles. The van der Waals surface area contributed by atoms with Crippen LogP contribution in [0.4, 0.5) is 0 Å². The third-order valence-electron chi connectivity index (χ3n) is 3.20. The molecule has 0 bridgehead atoms. The molecule has 1 saturated heterocycles. The summed E-state index contributed by atoms with van der Waals surface area (Å²) in [6, 6.07) is -4.87.